The summed E-state index contributed by atoms with van der Waals surface area (Å²) in [6, 6.07) is 5.16. The summed E-state index contributed by atoms with van der Waals surface area (Å²) in [4.78, 5) is 14.1. The van der Waals surface area contributed by atoms with Crippen LogP contribution in [0, 0.1) is 0 Å². The number of rotatable bonds is 4. The van der Waals surface area contributed by atoms with Gasteiger partial charge >= 0.3 is 6.03 Å². The van der Waals surface area contributed by atoms with Crippen LogP contribution in [0.4, 0.5) is 4.79 Å². The summed E-state index contributed by atoms with van der Waals surface area (Å²) < 4.78 is 10.8. The number of phenols is 1. The molecule has 1 aliphatic rings. The fourth-order valence-electron chi connectivity index (χ4n) is 2.73. The maximum Gasteiger partial charge on any atom is 0.317 e. The molecule has 0 spiro atoms. The number of hydrogen-bond acceptors (Lipinski definition) is 4. The van der Waals surface area contributed by atoms with E-state index in [1.165, 1.54) is 7.11 Å². The summed E-state index contributed by atoms with van der Waals surface area (Å²) in [6.45, 7) is 5.89. The van der Waals surface area contributed by atoms with Gasteiger partial charge in [0.1, 0.15) is 0 Å². The number of aromatic hydroxyl groups is 1. The first kappa shape index (κ1) is 17.4. The predicted octanol–water partition coefficient (Wildman–Crippen LogP) is 2.15. The molecule has 1 aliphatic heterocycles. The van der Waals surface area contributed by atoms with Gasteiger partial charge in [-0.15, -0.1) is 0 Å². The van der Waals surface area contributed by atoms with Crippen molar-refractivity contribution in [2.45, 2.75) is 38.9 Å². The van der Waals surface area contributed by atoms with E-state index in [0.29, 0.717) is 31.8 Å². The largest absolute Gasteiger partial charge is 0.504 e. The van der Waals surface area contributed by atoms with E-state index in [1.807, 2.05) is 24.8 Å². The minimum atomic E-state index is -0.0553. The Bertz CT molecular complexity index is 535. The topological polar surface area (TPSA) is 71.0 Å². The Morgan fingerprint density at radius 2 is 2.22 bits per heavy atom. The summed E-state index contributed by atoms with van der Waals surface area (Å²) in [5, 5.41) is 12.5. The van der Waals surface area contributed by atoms with Crippen LogP contribution in [-0.4, -0.2) is 55.0 Å². The highest BCUT2D eigenvalue weighted by molar-refractivity contribution is 5.74. The summed E-state index contributed by atoms with van der Waals surface area (Å²) in [6.07, 6.45) is 1.78. The van der Waals surface area contributed by atoms with Crippen molar-refractivity contribution >= 4 is 6.03 Å². The maximum absolute atomic E-state index is 12.3. The second-order valence-electron chi connectivity index (χ2n) is 5.98. The molecular formula is C17H26N2O4. The van der Waals surface area contributed by atoms with Gasteiger partial charge < -0.3 is 24.8 Å². The van der Waals surface area contributed by atoms with E-state index in [0.717, 1.165) is 12.0 Å². The highest BCUT2D eigenvalue weighted by atomic mass is 16.5. The number of phenolic OH excluding ortho intramolecular Hbond substituents is 1. The number of carbonyl (C=O) groups is 1. The van der Waals surface area contributed by atoms with E-state index >= 15 is 0 Å². The van der Waals surface area contributed by atoms with Crippen molar-refractivity contribution in [1.82, 2.24) is 10.2 Å². The number of methoxy groups -OCH3 is 1. The molecule has 2 rings (SSSR count). The van der Waals surface area contributed by atoms with E-state index in [1.54, 1.807) is 12.1 Å². The molecule has 0 saturated carbocycles. The zero-order valence-electron chi connectivity index (χ0n) is 14.0. The van der Waals surface area contributed by atoms with Crippen LogP contribution in [0.2, 0.25) is 0 Å². The number of ether oxygens (including phenoxy) is 2. The van der Waals surface area contributed by atoms with Crippen LogP contribution in [0.3, 0.4) is 0 Å². The SMILES string of the molecule is COc1cc(CCNC(=O)N2CC[C@@H](C)O[C@@H](C)C2)ccc1O. The Hall–Kier alpha value is -1.95. The lowest BCUT2D eigenvalue weighted by Crippen LogP contribution is -2.43. The third kappa shape index (κ3) is 5.03. The first-order chi connectivity index (χ1) is 11.0. The van der Waals surface area contributed by atoms with Crippen molar-refractivity contribution in [2.24, 2.45) is 0 Å². The third-order valence-electron chi connectivity index (χ3n) is 3.97. The van der Waals surface area contributed by atoms with Gasteiger partial charge in [0.2, 0.25) is 0 Å². The van der Waals surface area contributed by atoms with Crippen LogP contribution >= 0.6 is 0 Å². The molecule has 2 N–H and O–H groups in total. The lowest BCUT2D eigenvalue weighted by atomic mass is 10.1. The van der Waals surface area contributed by atoms with Crippen molar-refractivity contribution in [2.75, 3.05) is 26.7 Å². The molecule has 0 bridgehead atoms. The Kier molecular flexibility index (Phi) is 6.10. The van der Waals surface area contributed by atoms with Gasteiger partial charge in [0, 0.05) is 19.6 Å². The average molecular weight is 322 g/mol. The lowest BCUT2D eigenvalue weighted by molar-refractivity contribution is 0.0160. The summed E-state index contributed by atoms with van der Waals surface area (Å²) >= 11 is 0. The van der Waals surface area contributed by atoms with E-state index in [4.69, 9.17) is 9.47 Å². The monoisotopic (exact) mass is 322 g/mol. The Morgan fingerprint density at radius 3 is 2.96 bits per heavy atom. The number of nitrogens with one attached hydrogen (secondary N) is 1. The summed E-state index contributed by atoms with van der Waals surface area (Å²) in [7, 11) is 1.52. The quantitative estimate of drug-likeness (QED) is 0.891. The highest BCUT2D eigenvalue weighted by Gasteiger charge is 2.22. The molecule has 1 aromatic rings. The molecule has 0 unspecified atom stereocenters. The molecular weight excluding hydrogens is 296 g/mol. The number of hydrogen-bond donors (Lipinski definition) is 2. The minimum absolute atomic E-state index is 0.0552. The molecule has 1 aromatic carbocycles. The zero-order chi connectivity index (χ0) is 16.8. The second-order valence-corrected chi connectivity index (χ2v) is 5.98. The van der Waals surface area contributed by atoms with Crippen molar-refractivity contribution in [3.05, 3.63) is 23.8 Å². The van der Waals surface area contributed by atoms with E-state index in [-0.39, 0.29) is 24.0 Å². The molecule has 6 nitrogen and oxygen atoms in total. The molecule has 0 aromatic heterocycles. The van der Waals surface area contributed by atoms with E-state index < -0.39 is 0 Å². The molecule has 1 heterocycles. The lowest BCUT2D eigenvalue weighted by Gasteiger charge is -2.22. The number of benzene rings is 1. The molecule has 0 aliphatic carbocycles. The molecule has 1 fully saturated rings. The van der Waals surface area contributed by atoms with E-state index in [9.17, 15) is 9.90 Å². The molecule has 128 valence electrons. The fourth-order valence-corrected chi connectivity index (χ4v) is 2.73. The highest BCUT2D eigenvalue weighted by Crippen LogP contribution is 2.26. The molecule has 2 atom stereocenters. The van der Waals surface area contributed by atoms with Gasteiger partial charge in [-0.1, -0.05) is 6.07 Å². The Balaban J connectivity index is 1.82. The number of carbonyl (C=O) groups excluding carboxylic acids is 1. The first-order valence-corrected chi connectivity index (χ1v) is 8.03. The van der Waals surface area contributed by atoms with Crippen molar-refractivity contribution in [3.8, 4) is 11.5 Å². The van der Waals surface area contributed by atoms with Gasteiger partial charge in [-0.25, -0.2) is 4.79 Å². The van der Waals surface area contributed by atoms with Gasteiger partial charge in [-0.3, -0.25) is 0 Å². The van der Waals surface area contributed by atoms with Crippen molar-refractivity contribution < 1.29 is 19.4 Å². The molecule has 1 saturated heterocycles. The molecule has 0 radical (unpaired) electrons. The van der Waals surface area contributed by atoms with Gasteiger partial charge in [0.15, 0.2) is 11.5 Å². The van der Waals surface area contributed by atoms with Gasteiger partial charge in [0.25, 0.3) is 0 Å². The van der Waals surface area contributed by atoms with Crippen molar-refractivity contribution in [3.63, 3.8) is 0 Å². The minimum Gasteiger partial charge on any atom is -0.504 e. The van der Waals surface area contributed by atoms with Crippen LogP contribution in [0.25, 0.3) is 0 Å². The summed E-state index contributed by atoms with van der Waals surface area (Å²) in [5.74, 6) is 0.564. The number of nitrogens with zero attached hydrogens (tertiary/aromatic N) is 1. The van der Waals surface area contributed by atoms with Crippen LogP contribution in [-0.2, 0) is 11.2 Å². The van der Waals surface area contributed by atoms with Crippen LogP contribution < -0.4 is 10.1 Å². The predicted molar refractivity (Wildman–Crippen MR) is 88.0 cm³/mol. The average Bonchev–Trinajstić information content (AvgIpc) is 2.69. The van der Waals surface area contributed by atoms with Gasteiger partial charge in [-0.05, 0) is 44.4 Å². The molecule has 23 heavy (non-hydrogen) atoms. The second kappa shape index (κ2) is 8.06. The zero-order valence-corrected chi connectivity index (χ0v) is 14.0. The van der Waals surface area contributed by atoms with Crippen LogP contribution in [0.15, 0.2) is 18.2 Å². The Labute approximate surface area is 137 Å². The van der Waals surface area contributed by atoms with Crippen molar-refractivity contribution in [1.29, 1.82) is 0 Å². The fraction of sp³-hybridized carbons (Fsp3) is 0.588. The van der Waals surface area contributed by atoms with Gasteiger partial charge in [-0.2, -0.15) is 0 Å². The number of urea groups is 1. The normalized spacial score (nSPS) is 21.6. The Morgan fingerprint density at radius 1 is 1.43 bits per heavy atom. The third-order valence-corrected chi connectivity index (χ3v) is 3.97. The van der Waals surface area contributed by atoms with Crippen LogP contribution in [0.1, 0.15) is 25.8 Å². The van der Waals surface area contributed by atoms with Crippen LogP contribution in [0.5, 0.6) is 11.5 Å². The standard InChI is InChI=1S/C17H26N2O4/c1-12-7-9-19(11-13(2)23-12)17(21)18-8-6-14-4-5-15(20)16(10-14)22-3/h4-5,10,12-13,20H,6-9,11H2,1-3H3,(H,18,21)/t12-,13+/m1/s1. The maximum atomic E-state index is 12.3. The molecule has 6 heteroatoms. The summed E-state index contributed by atoms with van der Waals surface area (Å²) in [5.41, 5.74) is 1.00. The smallest absolute Gasteiger partial charge is 0.317 e. The molecule has 2 amide bonds. The van der Waals surface area contributed by atoms with E-state index in [2.05, 4.69) is 5.32 Å². The van der Waals surface area contributed by atoms with Gasteiger partial charge in [0.05, 0.1) is 19.3 Å². The number of amides is 2. The first-order valence-electron chi connectivity index (χ1n) is 8.03.